The predicted molar refractivity (Wildman–Crippen MR) is 96.2 cm³/mol. The maximum absolute atomic E-state index is 13.0. The second kappa shape index (κ2) is 7.53. The Labute approximate surface area is 149 Å². The van der Waals surface area contributed by atoms with Crippen LogP contribution in [0.25, 0.3) is 10.9 Å². The van der Waals surface area contributed by atoms with Crippen molar-refractivity contribution < 1.29 is 13.9 Å². The van der Waals surface area contributed by atoms with Gasteiger partial charge in [-0.2, -0.15) is 0 Å². The number of rotatable bonds is 6. The van der Waals surface area contributed by atoms with Crippen LogP contribution in [0.4, 0.5) is 10.2 Å². The summed E-state index contributed by atoms with van der Waals surface area (Å²) in [5.74, 6) is 1.52. The van der Waals surface area contributed by atoms with Crippen LogP contribution in [-0.2, 0) is 6.42 Å². The largest absolute Gasteiger partial charge is 0.493 e. The summed E-state index contributed by atoms with van der Waals surface area (Å²) in [5, 5.41) is 4.18. The number of fused-ring (bicyclic) bond motifs is 1. The molecular formula is C18H17ClFN3O2. The molecule has 2 aromatic carbocycles. The second-order valence-corrected chi connectivity index (χ2v) is 5.71. The molecule has 1 N–H and O–H groups in total. The molecule has 0 saturated carbocycles. The Morgan fingerprint density at radius 1 is 1.04 bits per heavy atom. The first-order valence-electron chi connectivity index (χ1n) is 7.68. The van der Waals surface area contributed by atoms with Gasteiger partial charge in [0.1, 0.15) is 11.6 Å². The van der Waals surface area contributed by atoms with Gasteiger partial charge in [-0.1, -0.05) is 12.1 Å². The van der Waals surface area contributed by atoms with Crippen LogP contribution in [0.1, 0.15) is 5.56 Å². The monoisotopic (exact) mass is 361 g/mol. The van der Waals surface area contributed by atoms with E-state index in [1.165, 1.54) is 12.1 Å². The number of anilines is 1. The first-order chi connectivity index (χ1) is 12.1. The second-order valence-electron chi connectivity index (χ2n) is 5.37. The third-order valence-electron chi connectivity index (χ3n) is 3.79. The van der Waals surface area contributed by atoms with Crippen LogP contribution >= 0.6 is 11.6 Å². The molecule has 25 heavy (non-hydrogen) atoms. The molecule has 1 heterocycles. The van der Waals surface area contributed by atoms with Crippen molar-refractivity contribution in [3.63, 3.8) is 0 Å². The van der Waals surface area contributed by atoms with Gasteiger partial charge in [-0.15, -0.1) is 0 Å². The lowest BCUT2D eigenvalue weighted by Gasteiger charge is -2.12. The van der Waals surface area contributed by atoms with E-state index >= 15 is 0 Å². The fraction of sp³-hybridized carbons (Fsp3) is 0.222. The van der Waals surface area contributed by atoms with Gasteiger partial charge < -0.3 is 14.8 Å². The zero-order chi connectivity index (χ0) is 17.8. The average molecular weight is 362 g/mol. The summed E-state index contributed by atoms with van der Waals surface area (Å²) in [6.07, 6.45) is 0.719. The maximum Gasteiger partial charge on any atom is 0.224 e. The van der Waals surface area contributed by atoms with Gasteiger partial charge in [-0.3, -0.25) is 0 Å². The van der Waals surface area contributed by atoms with Crippen molar-refractivity contribution >= 4 is 28.3 Å². The highest BCUT2D eigenvalue weighted by Gasteiger charge is 2.12. The first kappa shape index (κ1) is 17.2. The minimum absolute atomic E-state index is 0.143. The molecule has 0 aliphatic rings. The van der Waals surface area contributed by atoms with Crippen LogP contribution in [0.15, 0.2) is 36.4 Å². The summed E-state index contributed by atoms with van der Waals surface area (Å²) in [7, 11) is 3.14. The van der Waals surface area contributed by atoms with Crippen molar-refractivity contribution in [1.82, 2.24) is 9.97 Å². The topological polar surface area (TPSA) is 56.3 Å². The first-order valence-corrected chi connectivity index (χ1v) is 8.06. The lowest BCUT2D eigenvalue weighted by atomic mass is 10.1. The van der Waals surface area contributed by atoms with Crippen LogP contribution < -0.4 is 14.8 Å². The van der Waals surface area contributed by atoms with Crippen molar-refractivity contribution in [1.29, 1.82) is 0 Å². The molecule has 130 valence electrons. The van der Waals surface area contributed by atoms with Crippen molar-refractivity contribution in [2.75, 3.05) is 26.1 Å². The smallest absolute Gasteiger partial charge is 0.224 e. The molecule has 0 unspecified atom stereocenters. The minimum atomic E-state index is -0.244. The van der Waals surface area contributed by atoms with E-state index in [1.54, 1.807) is 32.4 Å². The normalized spacial score (nSPS) is 10.7. The standard InChI is InChI=1S/C18H17ClFN3O2/c1-24-15-9-13-14(10-16(15)25-2)22-18(19)23-17(13)21-8-7-11-3-5-12(20)6-4-11/h3-6,9-10H,7-8H2,1-2H3,(H,21,22,23). The van der Waals surface area contributed by atoms with Crippen molar-refractivity contribution in [3.05, 3.63) is 53.1 Å². The summed E-state index contributed by atoms with van der Waals surface area (Å²) in [6.45, 7) is 0.614. The Hall–Kier alpha value is -2.60. The van der Waals surface area contributed by atoms with Gasteiger partial charge in [-0.05, 0) is 41.8 Å². The van der Waals surface area contributed by atoms with Crippen LogP contribution in [0.5, 0.6) is 11.5 Å². The van der Waals surface area contributed by atoms with Gasteiger partial charge in [0.2, 0.25) is 5.28 Å². The van der Waals surface area contributed by atoms with E-state index in [4.69, 9.17) is 21.1 Å². The lowest BCUT2D eigenvalue weighted by molar-refractivity contribution is 0.356. The van der Waals surface area contributed by atoms with Crippen molar-refractivity contribution in [3.8, 4) is 11.5 Å². The van der Waals surface area contributed by atoms with Gasteiger partial charge in [0.15, 0.2) is 11.5 Å². The highest BCUT2D eigenvalue weighted by Crippen LogP contribution is 2.34. The summed E-state index contributed by atoms with van der Waals surface area (Å²) < 4.78 is 23.6. The van der Waals surface area contributed by atoms with Crippen LogP contribution in [0.3, 0.4) is 0 Å². The number of hydrogen-bond acceptors (Lipinski definition) is 5. The molecular weight excluding hydrogens is 345 g/mol. The molecule has 0 amide bonds. The number of methoxy groups -OCH3 is 2. The molecule has 0 fully saturated rings. The average Bonchev–Trinajstić information content (AvgIpc) is 2.62. The number of benzene rings is 2. The highest BCUT2D eigenvalue weighted by molar-refractivity contribution is 6.28. The van der Waals surface area contributed by atoms with E-state index < -0.39 is 0 Å². The molecule has 0 bridgehead atoms. The SMILES string of the molecule is COc1cc2nc(Cl)nc(NCCc3ccc(F)cc3)c2cc1OC. The molecule has 5 nitrogen and oxygen atoms in total. The summed E-state index contributed by atoms with van der Waals surface area (Å²) in [5.41, 5.74) is 1.68. The Bertz CT molecular complexity index is 888. The van der Waals surface area contributed by atoms with Gasteiger partial charge in [0.25, 0.3) is 0 Å². The van der Waals surface area contributed by atoms with Crippen molar-refractivity contribution in [2.45, 2.75) is 6.42 Å². The molecule has 7 heteroatoms. The molecule has 0 saturated heterocycles. The number of nitrogens with zero attached hydrogens (tertiary/aromatic N) is 2. The van der Waals surface area contributed by atoms with Crippen molar-refractivity contribution in [2.24, 2.45) is 0 Å². The summed E-state index contributed by atoms with van der Waals surface area (Å²) in [4.78, 5) is 8.50. The molecule has 0 aliphatic carbocycles. The fourth-order valence-electron chi connectivity index (χ4n) is 2.54. The van der Waals surface area contributed by atoms with Crippen LogP contribution in [-0.4, -0.2) is 30.7 Å². The number of ether oxygens (including phenoxy) is 2. The Kier molecular flexibility index (Phi) is 5.19. The molecule has 0 radical (unpaired) electrons. The maximum atomic E-state index is 13.0. The van der Waals surface area contributed by atoms with Gasteiger partial charge in [-0.25, -0.2) is 14.4 Å². The third-order valence-corrected chi connectivity index (χ3v) is 3.96. The zero-order valence-electron chi connectivity index (χ0n) is 13.8. The minimum Gasteiger partial charge on any atom is -0.493 e. The number of nitrogens with one attached hydrogen (secondary N) is 1. The Morgan fingerprint density at radius 2 is 1.72 bits per heavy atom. The highest BCUT2D eigenvalue weighted by atomic mass is 35.5. The van der Waals surface area contributed by atoms with Gasteiger partial charge in [0, 0.05) is 18.0 Å². The van der Waals surface area contributed by atoms with Crippen LogP contribution in [0.2, 0.25) is 5.28 Å². The van der Waals surface area contributed by atoms with Gasteiger partial charge in [0.05, 0.1) is 19.7 Å². The molecule has 0 spiro atoms. The molecule has 3 rings (SSSR count). The molecule has 0 aliphatic heterocycles. The summed E-state index contributed by atoms with van der Waals surface area (Å²) >= 11 is 6.03. The van der Waals surface area contributed by atoms with E-state index in [9.17, 15) is 4.39 Å². The lowest BCUT2D eigenvalue weighted by Crippen LogP contribution is -2.08. The molecule has 1 aromatic heterocycles. The van der Waals surface area contributed by atoms with E-state index in [0.717, 1.165) is 17.4 Å². The number of halogens is 2. The van der Waals surface area contributed by atoms with Crippen LogP contribution in [0, 0.1) is 5.82 Å². The van der Waals surface area contributed by atoms with E-state index in [2.05, 4.69) is 15.3 Å². The molecule has 3 aromatic rings. The zero-order valence-corrected chi connectivity index (χ0v) is 14.6. The van der Waals surface area contributed by atoms with E-state index in [1.807, 2.05) is 6.07 Å². The number of hydrogen-bond donors (Lipinski definition) is 1. The van der Waals surface area contributed by atoms with E-state index in [0.29, 0.717) is 29.4 Å². The Balaban J connectivity index is 1.85. The van der Waals surface area contributed by atoms with Gasteiger partial charge >= 0.3 is 0 Å². The summed E-state index contributed by atoms with van der Waals surface area (Å²) in [6, 6.07) is 9.98. The number of aromatic nitrogens is 2. The van der Waals surface area contributed by atoms with E-state index in [-0.39, 0.29) is 11.1 Å². The quantitative estimate of drug-likeness (QED) is 0.670. The predicted octanol–water partition coefficient (Wildman–Crippen LogP) is 4.09. The third kappa shape index (κ3) is 3.91. The molecule has 0 atom stereocenters. The Morgan fingerprint density at radius 3 is 2.40 bits per heavy atom. The fourth-order valence-corrected chi connectivity index (χ4v) is 2.71.